The van der Waals surface area contributed by atoms with Crippen LogP contribution in [0.2, 0.25) is 0 Å². The largest absolute Gasteiger partial charge is 1.00 e. The van der Waals surface area contributed by atoms with Gasteiger partial charge in [0.2, 0.25) is 0 Å². The zero-order valence-electron chi connectivity index (χ0n) is 16.7. The molecule has 0 aromatic rings. The van der Waals surface area contributed by atoms with Crippen molar-refractivity contribution in [1.82, 2.24) is 0 Å². The molecular weight excluding hydrogens is 347 g/mol. The molecule has 6 heteroatoms. The van der Waals surface area contributed by atoms with Gasteiger partial charge in [-0.05, 0) is 19.3 Å². The van der Waals surface area contributed by atoms with Crippen LogP contribution >= 0.6 is 0 Å². The zero-order valence-corrected chi connectivity index (χ0v) is 19.5. The second-order valence-corrected chi connectivity index (χ2v) is 8.61. The fraction of sp³-hybridized carbons (Fsp3) is 1.00. The number of aliphatic hydroxyl groups excluding tert-OH is 1. The molecule has 0 rings (SSSR count). The molecule has 0 fully saturated rings. The molecule has 0 radical (unpaired) electrons. The third kappa shape index (κ3) is 24.9. The van der Waals surface area contributed by atoms with Crippen molar-refractivity contribution in [3.8, 4) is 0 Å². The van der Waals surface area contributed by atoms with Crippen LogP contribution in [0, 0.1) is 0 Å². The maximum Gasteiger partial charge on any atom is 1.00 e. The Morgan fingerprint density at radius 1 is 0.720 bits per heavy atom. The molecule has 1 unspecified atom stereocenters. The van der Waals surface area contributed by atoms with Crippen LogP contribution in [0.3, 0.4) is 0 Å². The van der Waals surface area contributed by atoms with Crippen molar-refractivity contribution in [2.24, 2.45) is 0 Å². The molecule has 0 aromatic carbocycles. The smallest absolute Gasteiger partial charge is 0.748 e. The Kier molecular flexibility index (Phi) is 22.0. The second kappa shape index (κ2) is 19.6. The van der Waals surface area contributed by atoms with E-state index in [0.717, 1.165) is 44.9 Å². The first-order valence-corrected chi connectivity index (χ1v) is 11.6. The Morgan fingerprint density at radius 2 is 1.08 bits per heavy atom. The van der Waals surface area contributed by atoms with Crippen molar-refractivity contribution in [3.05, 3.63) is 0 Å². The van der Waals surface area contributed by atoms with Crippen LogP contribution in [0.25, 0.3) is 0 Å². The SMILES string of the molecule is CCCCCCC(O)CCCCCCCCCCCCS(=O)(=O)[O-].[Na+]. The molecule has 146 valence electrons. The van der Waals surface area contributed by atoms with Crippen molar-refractivity contribution in [1.29, 1.82) is 0 Å². The molecule has 0 aliphatic heterocycles. The molecule has 25 heavy (non-hydrogen) atoms. The molecule has 4 nitrogen and oxygen atoms in total. The van der Waals surface area contributed by atoms with Crippen LogP contribution in [-0.4, -0.2) is 29.9 Å². The predicted molar refractivity (Wildman–Crippen MR) is 100 cm³/mol. The molecule has 0 bridgehead atoms. The van der Waals surface area contributed by atoms with E-state index in [1.165, 1.54) is 51.4 Å². The summed E-state index contributed by atoms with van der Waals surface area (Å²) in [6.45, 7) is 2.21. The summed E-state index contributed by atoms with van der Waals surface area (Å²) in [4.78, 5) is 0. The van der Waals surface area contributed by atoms with E-state index in [9.17, 15) is 18.1 Å². The predicted octanol–water partition coefficient (Wildman–Crippen LogP) is 2.16. The molecule has 1 atom stereocenters. The number of hydrogen-bond acceptors (Lipinski definition) is 4. The third-order valence-corrected chi connectivity index (χ3v) is 5.36. The van der Waals surface area contributed by atoms with Gasteiger partial charge in [0.05, 0.1) is 16.2 Å². The topological polar surface area (TPSA) is 77.4 Å². The Balaban J connectivity index is 0. The van der Waals surface area contributed by atoms with Crippen LogP contribution in [0.5, 0.6) is 0 Å². The summed E-state index contributed by atoms with van der Waals surface area (Å²) in [6.07, 6.45) is 17.6. The number of aliphatic hydroxyl groups is 1. The van der Waals surface area contributed by atoms with Crippen LogP contribution in [-0.2, 0) is 10.1 Å². The summed E-state index contributed by atoms with van der Waals surface area (Å²) in [7, 11) is -4.02. The average Bonchev–Trinajstić information content (AvgIpc) is 2.51. The average molecular weight is 387 g/mol. The van der Waals surface area contributed by atoms with Gasteiger partial charge in [-0.1, -0.05) is 90.4 Å². The maximum absolute atomic E-state index is 10.4. The maximum atomic E-state index is 10.4. The summed E-state index contributed by atoms with van der Waals surface area (Å²) in [5, 5.41) is 9.89. The fourth-order valence-electron chi connectivity index (χ4n) is 3.02. The van der Waals surface area contributed by atoms with Crippen LogP contribution in [0.4, 0.5) is 0 Å². The minimum Gasteiger partial charge on any atom is -0.748 e. The Labute approximate surface area is 178 Å². The standard InChI is InChI=1S/C19H40O4S.Na/c1-2-3-4-13-16-19(20)17-14-11-9-7-5-6-8-10-12-15-18-24(21,22)23;/h19-20H,2-18H2,1H3,(H,21,22,23);/q;+1/p-1. The van der Waals surface area contributed by atoms with Gasteiger partial charge in [0.25, 0.3) is 0 Å². The van der Waals surface area contributed by atoms with E-state index in [2.05, 4.69) is 6.92 Å². The van der Waals surface area contributed by atoms with Gasteiger partial charge in [0, 0.05) is 5.75 Å². The quantitative estimate of drug-likeness (QED) is 0.222. The molecule has 0 aliphatic rings. The fourth-order valence-corrected chi connectivity index (χ4v) is 3.58. The molecule has 0 aromatic heterocycles. The summed E-state index contributed by atoms with van der Waals surface area (Å²) in [5.41, 5.74) is 0. The van der Waals surface area contributed by atoms with Gasteiger partial charge in [-0.2, -0.15) is 0 Å². The van der Waals surface area contributed by atoms with Crippen LogP contribution < -0.4 is 29.6 Å². The summed E-state index contributed by atoms with van der Waals surface area (Å²) >= 11 is 0. The van der Waals surface area contributed by atoms with E-state index in [0.29, 0.717) is 6.42 Å². The Hall–Kier alpha value is 0.870. The van der Waals surface area contributed by atoms with Gasteiger partial charge in [-0.15, -0.1) is 0 Å². The van der Waals surface area contributed by atoms with Crippen molar-refractivity contribution in [2.75, 3.05) is 5.75 Å². The third-order valence-electron chi connectivity index (χ3n) is 4.57. The molecule has 0 spiro atoms. The Morgan fingerprint density at radius 3 is 1.48 bits per heavy atom. The van der Waals surface area contributed by atoms with Crippen molar-refractivity contribution in [3.63, 3.8) is 0 Å². The van der Waals surface area contributed by atoms with Gasteiger partial charge in [-0.3, -0.25) is 0 Å². The number of unbranched alkanes of at least 4 members (excludes halogenated alkanes) is 12. The summed E-state index contributed by atoms with van der Waals surface area (Å²) in [5.74, 6) is -0.211. The van der Waals surface area contributed by atoms with Gasteiger partial charge < -0.3 is 9.66 Å². The summed E-state index contributed by atoms with van der Waals surface area (Å²) < 4.78 is 31.3. The normalized spacial score (nSPS) is 12.8. The molecule has 1 N–H and O–H groups in total. The first-order valence-electron chi connectivity index (χ1n) is 10.1. The second-order valence-electron chi connectivity index (χ2n) is 7.09. The van der Waals surface area contributed by atoms with Crippen LogP contribution in [0.1, 0.15) is 110 Å². The first-order chi connectivity index (χ1) is 11.5. The Bertz CT molecular complexity index is 360. The van der Waals surface area contributed by atoms with Crippen LogP contribution in [0.15, 0.2) is 0 Å². The van der Waals surface area contributed by atoms with Gasteiger partial charge in [0.15, 0.2) is 0 Å². The van der Waals surface area contributed by atoms with E-state index in [1.807, 2.05) is 0 Å². The minimum atomic E-state index is -4.02. The molecule has 0 heterocycles. The van der Waals surface area contributed by atoms with Crippen molar-refractivity contribution < 1.29 is 47.6 Å². The molecule has 0 amide bonds. The van der Waals surface area contributed by atoms with Gasteiger partial charge >= 0.3 is 29.6 Å². The van der Waals surface area contributed by atoms with E-state index < -0.39 is 10.1 Å². The number of rotatable bonds is 18. The number of hydrogen-bond donors (Lipinski definition) is 1. The van der Waals surface area contributed by atoms with E-state index in [-0.39, 0.29) is 41.4 Å². The van der Waals surface area contributed by atoms with Gasteiger partial charge in [-0.25, -0.2) is 8.42 Å². The van der Waals surface area contributed by atoms with Gasteiger partial charge in [0.1, 0.15) is 0 Å². The van der Waals surface area contributed by atoms with Crippen molar-refractivity contribution >= 4 is 10.1 Å². The molecule has 0 saturated carbocycles. The minimum absolute atomic E-state index is 0. The molecular formula is C19H39NaO4S. The van der Waals surface area contributed by atoms with E-state index >= 15 is 0 Å². The molecule has 0 aliphatic carbocycles. The first kappa shape index (κ1) is 28.1. The molecule has 0 saturated heterocycles. The van der Waals surface area contributed by atoms with E-state index in [1.54, 1.807) is 0 Å². The van der Waals surface area contributed by atoms with E-state index in [4.69, 9.17) is 0 Å². The zero-order chi connectivity index (χ0) is 18.1. The monoisotopic (exact) mass is 386 g/mol. The summed E-state index contributed by atoms with van der Waals surface area (Å²) in [6, 6.07) is 0. The van der Waals surface area contributed by atoms with Crippen molar-refractivity contribution in [2.45, 2.75) is 116 Å².